The van der Waals surface area contributed by atoms with E-state index >= 15 is 0 Å². The van der Waals surface area contributed by atoms with Gasteiger partial charge in [0.25, 0.3) is 0 Å². The van der Waals surface area contributed by atoms with Crippen LogP contribution in [0, 0.1) is 5.82 Å². The largest absolute Gasteiger partial charge is 0.488 e. The predicted molar refractivity (Wildman–Crippen MR) is 62.7 cm³/mol. The monoisotopic (exact) mass is 273 g/mol. The van der Waals surface area contributed by atoms with Gasteiger partial charge in [-0.1, -0.05) is 0 Å². The molecule has 0 amide bonds. The molecule has 0 radical (unpaired) electrons. The lowest BCUT2D eigenvalue weighted by Crippen LogP contribution is -2.36. The lowest BCUT2D eigenvalue weighted by Gasteiger charge is -2.30. The summed E-state index contributed by atoms with van der Waals surface area (Å²) in [6.45, 7) is 0. The highest BCUT2D eigenvalue weighted by molar-refractivity contribution is 5.55. The van der Waals surface area contributed by atoms with Gasteiger partial charge in [-0.15, -0.1) is 5.23 Å². The summed E-state index contributed by atoms with van der Waals surface area (Å²) in [6.07, 6.45) is -1.02. The van der Waals surface area contributed by atoms with E-state index in [2.05, 4.69) is 0 Å². The summed E-state index contributed by atoms with van der Waals surface area (Å²) in [5.74, 6) is -0.645. The van der Waals surface area contributed by atoms with Gasteiger partial charge in [0.05, 0.1) is 12.2 Å². The quantitative estimate of drug-likeness (QED) is 0.615. The van der Waals surface area contributed by atoms with Gasteiger partial charge in [0.2, 0.25) is 0 Å². The third kappa shape index (κ3) is 3.54. The van der Waals surface area contributed by atoms with Crippen LogP contribution in [-0.2, 0) is 0 Å². The first-order chi connectivity index (χ1) is 8.95. The van der Waals surface area contributed by atoms with Crippen LogP contribution in [0.1, 0.15) is 19.3 Å². The number of rotatable bonds is 3. The predicted octanol–water partition coefficient (Wildman–Crippen LogP) is 1.06. The molecule has 1 fully saturated rings. The van der Waals surface area contributed by atoms with Crippen molar-refractivity contribution in [3.05, 3.63) is 24.0 Å². The van der Waals surface area contributed by atoms with E-state index in [-0.39, 0.29) is 23.1 Å². The summed E-state index contributed by atoms with van der Waals surface area (Å²) in [5.41, 5.74) is -0.115. The molecule has 106 valence electrons. The Hall–Kier alpha value is -1.41. The number of hydrogen-bond donors (Lipinski definition) is 4. The van der Waals surface area contributed by atoms with Crippen LogP contribution in [0.25, 0.3) is 0 Å². The maximum atomic E-state index is 13.2. The molecule has 1 aromatic carbocycles. The molecule has 3 atom stereocenters. The van der Waals surface area contributed by atoms with Crippen LogP contribution < -0.4 is 9.96 Å². The van der Waals surface area contributed by atoms with E-state index in [0.717, 1.165) is 18.2 Å². The minimum atomic E-state index is -0.690. The average Bonchev–Trinajstić information content (AvgIpc) is 2.26. The maximum Gasteiger partial charge on any atom is 0.151 e. The molecule has 0 aromatic heterocycles. The molecule has 1 unspecified atom stereocenters. The second kappa shape index (κ2) is 5.70. The Kier molecular flexibility index (Phi) is 4.20. The van der Waals surface area contributed by atoms with Gasteiger partial charge in [-0.3, -0.25) is 10.4 Å². The fourth-order valence-electron chi connectivity index (χ4n) is 2.23. The lowest BCUT2D eigenvalue weighted by atomic mass is 9.92. The average molecular weight is 273 g/mol. The molecule has 1 aromatic rings. The number of anilines is 1. The molecular formula is C12H16FNO5. The van der Waals surface area contributed by atoms with E-state index in [4.69, 9.17) is 15.2 Å². The number of aliphatic hydroxyl groups is 2. The SMILES string of the molecule is O[C@@H]1CC(Oc2cc(F)ccc2N(O)O)C[C@H](O)C1. The standard InChI is InChI=1S/C12H16FNO5/c13-7-1-2-11(14(17)18)12(3-7)19-10-5-8(15)4-9(16)6-10/h1-3,8-10,15-18H,4-6H2/t8-,9+,10?. The first-order valence-electron chi connectivity index (χ1n) is 5.96. The first-order valence-corrected chi connectivity index (χ1v) is 5.96. The fraction of sp³-hybridized carbons (Fsp3) is 0.500. The highest BCUT2D eigenvalue weighted by Crippen LogP contribution is 2.31. The Labute approximate surface area is 109 Å². The fourth-order valence-corrected chi connectivity index (χ4v) is 2.23. The summed E-state index contributed by atoms with van der Waals surface area (Å²) in [5, 5.41) is 36.9. The first kappa shape index (κ1) is 14.0. The zero-order chi connectivity index (χ0) is 14.0. The molecule has 1 aliphatic carbocycles. The third-order valence-electron chi connectivity index (χ3n) is 3.05. The topological polar surface area (TPSA) is 93.4 Å². The highest BCUT2D eigenvalue weighted by atomic mass is 19.1. The van der Waals surface area contributed by atoms with E-state index < -0.39 is 24.1 Å². The van der Waals surface area contributed by atoms with Crippen molar-refractivity contribution in [2.75, 3.05) is 5.23 Å². The smallest absolute Gasteiger partial charge is 0.151 e. The molecule has 0 spiro atoms. The Morgan fingerprint density at radius 3 is 2.32 bits per heavy atom. The van der Waals surface area contributed by atoms with Gasteiger partial charge in [0.15, 0.2) is 5.75 Å². The van der Waals surface area contributed by atoms with Crippen molar-refractivity contribution in [3.8, 4) is 5.75 Å². The van der Waals surface area contributed by atoms with Crippen molar-refractivity contribution in [3.63, 3.8) is 0 Å². The number of hydrogen-bond acceptors (Lipinski definition) is 6. The molecule has 4 N–H and O–H groups in total. The summed E-state index contributed by atoms with van der Waals surface area (Å²) in [4.78, 5) is 0. The van der Waals surface area contributed by atoms with Gasteiger partial charge in [-0.2, -0.15) is 0 Å². The Morgan fingerprint density at radius 2 is 1.74 bits per heavy atom. The minimum Gasteiger partial charge on any atom is -0.488 e. The van der Waals surface area contributed by atoms with Gasteiger partial charge < -0.3 is 14.9 Å². The summed E-state index contributed by atoms with van der Waals surface area (Å²) in [7, 11) is 0. The highest BCUT2D eigenvalue weighted by Gasteiger charge is 2.28. The van der Waals surface area contributed by atoms with E-state index in [1.54, 1.807) is 0 Å². The van der Waals surface area contributed by atoms with Gasteiger partial charge >= 0.3 is 0 Å². The molecule has 0 heterocycles. The van der Waals surface area contributed by atoms with Crippen LogP contribution in [-0.4, -0.2) is 38.9 Å². The second-order valence-corrected chi connectivity index (χ2v) is 4.66. The van der Waals surface area contributed by atoms with Crippen molar-refractivity contribution < 1.29 is 29.8 Å². The molecule has 1 saturated carbocycles. The second-order valence-electron chi connectivity index (χ2n) is 4.66. The Balaban J connectivity index is 2.15. The van der Waals surface area contributed by atoms with Crippen molar-refractivity contribution in [1.82, 2.24) is 0 Å². The Morgan fingerprint density at radius 1 is 1.11 bits per heavy atom. The summed E-state index contributed by atoms with van der Waals surface area (Å²) < 4.78 is 18.6. The van der Waals surface area contributed by atoms with Crippen LogP contribution in [0.15, 0.2) is 18.2 Å². The molecule has 19 heavy (non-hydrogen) atoms. The molecule has 1 aliphatic rings. The minimum absolute atomic E-state index is 0.0590. The van der Waals surface area contributed by atoms with Gasteiger partial charge in [-0.25, -0.2) is 4.39 Å². The summed E-state index contributed by atoms with van der Waals surface area (Å²) in [6, 6.07) is 3.23. The van der Waals surface area contributed by atoms with Crippen LogP contribution >= 0.6 is 0 Å². The van der Waals surface area contributed by atoms with E-state index in [1.165, 1.54) is 0 Å². The number of ether oxygens (including phenoxy) is 1. The van der Waals surface area contributed by atoms with Crippen molar-refractivity contribution in [2.45, 2.75) is 37.6 Å². The molecule has 7 heteroatoms. The van der Waals surface area contributed by atoms with E-state index in [9.17, 15) is 14.6 Å². The van der Waals surface area contributed by atoms with Gasteiger partial charge in [0.1, 0.15) is 17.6 Å². The molecule has 2 rings (SSSR count). The van der Waals surface area contributed by atoms with Crippen LogP contribution in [0.3, 0.4) is 0 Å². The van der Waals surface area contributed by atoms with Crippen molar-refractivity contribution >= 4 is 5.69 Å². The van der Waals surface area contributed by atoms with Crippen LogP contribution in [0.2, 0.25) is 0 Å². The lowest BCUT2D eigenvalue weighted by molar-refractivity contribution is -0.0172. The zero-order valence-corrected chi connectivity index (χ0v) is 10.1. The normalized spacial score (nSPS) is 27.1. The molecule has 0 aliphatic heterocycles. The molecule has 0 saturated heterocycles. The van der Waals surface area contributed by atoms with Crippen molar-refractivity contribution in [2.24, 2.45) is 0 Å². The number of nitrogens with zero attached hydrogens (tertiary/aromatic N) is 1. The van der Waals surface area contributed by atoms with Crippen LogP contribution in [0.5, 0.6) is 5.75 Å². The molecule has 0 bridgehead atoms. The maximum absolute atomic E-state index is 13.2. The Bertz CT molecular complexity index is 432. The number of aliphatic hydroxyl groups excluding tert-OH is 2. The number of halogens is 1. The van der Waals surface area contributed by atoms with Gasteiger partial charge in [0, 0.05) is 18.9 Å². The molecular weight excluding hydrogens is 257 g/mol. The zero-order valence-electron chi connectivity index (χ0n) is 10.1. The van der Waals surface area contributed by atoms with E-state index in [0.29, 0.717) is 12.8 Å². The van der Waals surface area contributed by atoms with E-state index in [1.807, 2.05) is 0 Å². The van der Waals surface area contributed by atoms with Crippen molar-refractivity contribution in [1.29, 1.82) is 0 Å². The summed E-state index contributed by atoms with van der Waals surface area (Å²) >= 11 is 0. The third-order valence-corrected chi connectivity index (χ3v) is 3.05. The number of benzene rings is 1. The van der Waals surface area contributed by atoms with Gasteiger partial charge in [-0.05, 0) is 18.6 Å². The van der Waals surface area contributed by atoms with Crippen LogP contribution in [0.4, 0.5) is 10.1 Å². The molecule has 6 nitrogen and oxygen atoms in total.